The van der Waals surface area contributed by atoms with Crippen molar-refractivity contribution in [1.29, 1.82) is 0 Å². The van der Waals surface area contributed by atoms with Crippen molar-refractivity contribution in [1.82, 2.24) is 19.5 Å². The second-order valence-corrected chi connectivity index (χ2v) is 7.61. The van der Waals surface area contributed by atoms with Crippen molar-refractivity contribution in [3.63, 3.8) is 0 Å². The molecule has 146 valence electrons. The summed E-state index contributed by atoms with van der Waals surface area (Å²) < 4.78 is 11.8. The van der Waals surface area contributed by atoms with Crippen molar-refractivity contribution in [3.05, 3.63) is 23.8 Å². The zero-order chi connectivity index (χ0) is 20.2. The van der Waals surface area contributed by atoms with Crippen LogP contribution >= 0.6 is 11.8 Å². The van der Waals surface area contributed by atoms with Crippen molar-refractivity contribution < 1.29 is 19.1 Å². The minimum absolute atomic E-state index is 0.0530. The molecule has 0 aliphatic heterocycles. The van der Waals surface area contributed by atoms with Gasteiger partial charge in [-0.15, -0.1) is 0 Å². The first-order chi connectivity index (χ1) is 12.7. The van der Waals surface area contributed by atoms with E-state index in [1.165, 1.54) is 16.3 Å². The molecule has 0 aliphatic rings. The molecule has 2 heterocycles. The quantitative estimate of drug-likeness (QED) is 0.420. The Morgan fingerprint density at radius 3 is 2.52 bits per heavy atom. The maximum absolute atomic E-state index is 12.3. The van der Waals surface area contributed by atoms with Gasteiger partial charge in [0.25, 0.3) is 0 Å². The number of carbonyl (C=O) groups is 2. The highest BCUT2D eigenvalue weighted by molar-refractivity contribution is 7.98. The van der Waals surface area contributed by atoms with E-state index in [1.807, 2.05) is 13.2 Å². The minimum atomic E-state index is -0.649. The van der Waals surface area contributed by atoms with Gasteiger partial charge in [-0.25, -0.2) is 19.7 Å². The molecule has 2 aromatic heterocycles. The summed E-state index contributed by atoms with van der Waals surface area (Å²) in [6, 6.07) is 0. The molecule has 0 unspecified atom stereocenters. The standard InChI is InChI=1S/C18H24N4O4S/c1-7-25-15(23)14-20-12(13-11(2)8-19-17(21-13)27-6)9-22(14)10-26-16(24)18(3,4)5/h8-9H,7,10H2,1-6H3. The number of esters is 2. The molecule has 0 aromatic carbocycles. The number of rotatable bonds is 6. The third-order valence-electron chi connectivity index (χ3n) is 3.56. The Hall–Kier alpha value is -2.42. The van der Waals surface area contributed by atoms with Crippen LogP contribution in [0.2, 0.25) is 0 Å². The lowest BCUT2D eigenvalue weighted by Gasteiger charge is -2.17. The zero-order valence-electron chi connectivity index (χ0n) is 16.4. The van der Waals surface area contributed by atoms with Crippen molar-refractivity contribution in [2.75, 3.05) is 12.9 Å². The fraction of sp³-hybridized carbons (Fsp3) is 0.500. The predicted molar refractivity (Wildman–Crippen MR) is 101 cm³/mol. The topological polar surface area (TPSA) is 96.2 Å². The molecular formula is C18H24N4O4S. The van der Waals surface area contributed by atoms with Gasteiger partial charge in [0, 0.05) is 12.4 Å². The van der Waals surface area contributed by atoms with Crippen molar-refractivity contribution in [2.24, 2.45) is 5.41 Å². The summed E-state index contributed by atoms with van der Waals surface area (Å²) in [4.78, 5) is 37.4. The molecule has 0 atom stereocenters. The molecule has 0 bridgehead atoms. The van der Waals surface area contributed by atoms with Gasteiger partial charge < -0.3 is 9.47 Å². The molecule has 0 amide bonds. The number of hydrogen-bond acceptors (Lipinski definition) is 8. The maximum Gasteiger partial charge on any atom is 0.374 e. The Balaban J connectivity index is 2.41. The van der Waals surface area contributed by atoms with Crippen molar-refractivity contribution in [3.8, 4) is 11.4 Å². The molecule has 0 saturated carbocycles. The summed E-state index contributed by atoms with van der Waals surface area (Å²) in [6.45, 7) is 8.93. The van der Waals surface area contributed by atoms with Crippen LogP contribution < -0.4 is 0 Å². The number of ether oxygens (including phenoxy) is 2. The number of carbonyl (C=O) groups excluding carboxylic acids is 2. The van der Waals surface area contributed by atoms with Crippen molar-refractivity contribution >= 4 is 23.7 Å². The maximum atomic E-state index is 12.3. The summed E-state index contributed by atoms with van der Waals surface area (Å²) in [6.07, 6.45) is 5.21. The van der Waals surface area contributed by atoms with Crippen molar-refractivity contribution in [2.45, 2.75) is 46.5 Å². The molecule has 9 heteroatoms. The van der Waals surface area contributed by atoms with Gasteiger partial charge in [-0.1, -0.05) is 11.8 Å². The number of aryl methyl sites for hydroxylation is 1. The molecule has 2 rings (SSSR count). The molecule has 0 saturated heterocycles. The van der Waals surface area contributed by atoms with Gasteiger partial charge in [-0.2, -0.15) is 0 Å². The van der Waals surface area contributed by atoms with E-state index in [0.29, 0.717) is 16.5 Å². The molecule has 8 nitrogen and oxygen atoms in total. The van der Waals surface area contributed by atoms with Crippen LogP contribution in [0.5, 0.6) is 0 Å². The lowest BCUT2D eigenvalue weighted by Crippen LogP contribution is -2.25. The normalized spacial score (nSPS) is 11.3. The third kappa shape index (κ3) is 5.06. The zero-order valence-corrected chi connectivity index (χ0v) is 17.2. The highest BCUT2D eigenvalue weighted by atomic mass is 32.2. The molecule has 2 aromatic rings. The largest absolute Gasteiger partial charge is 0.460 e. The van der Waals surface area contributed by atoms with Crippen LogP contribution in [0, 0.1) is 12.3 Å². The van der Waals surface area contributed by atoms with E-state index in [2.05, 4.69) is 15.0 Å². The Kier molecular flexibility index (Phi) is 6.59. The van der Waals surface area contributed by atoms with Crippen LogP contribution in [-0.4, -0.2) is 44.3 Å². The van der Waals surface area contributed by atoms with Gasteiger partial charge in [0.15, 0.2) is 11.9 Å². The Labute approximate surface area is 162 Å². The summed E-state index contributed by atoms with van der Waals surface area (Å²) in [5.41, 5.74) is 1.27. The van der Waals surface area contributed by atoms with Gasteiger partial charge in [0.05, 0.1) is 17.7 Å². The fourth-order valence-electron chi connectivity index (χ4n) is 2.12. The molecule has 0 N–H and O–H groups in total. The fourth-order valence-corrected chi connectivity index (χ4v) is 2.46. The van der Waals surface area contributed by atoms with E-state index >= 15 is 0 Å². The number of hydrogen-bond donors (Lipinski definition) is 0. The second-order valence-electron chi connectivity index (χ2n) is 6.84. The van der Waals surface area contributed by atoms with Gasteiger partial charge in [-0.3, -0.25) is 9.36 Å². The first-order valence-electron chi connectivity index (χ1n) is 8.46. The van der Waals surface area contributed by atoms with E-state index in [9.17, 15) is 9.59 Å². The van der Waals surface area contributed by atoms with Crippen LogP contribution in [0.15, 0.2) is 17.6 Å². The Bertz CT molecular complexity index is 842. The predicted octanol–water partition coefficient (Wildman–Crippen LogP) is 3.09. The number of aromatic nitrogens is 4. The van der Waals surface area contributed by atoms with Crippen LogP contribution in [0.1, 0.15) is 43.9 Å². The van der Waals surface area contributed by atoms with Crippen LogP contribution in [0.25, 0.3) is 11.4 Å². The van der Waals surface area contributed by atoms with E-state index in [-0.39, 0.29) is 25.1 Å². The summed E-state index contributed by atoms with van der Waals surface area (Å²) in [5, 5.41) is 0.599. The van der Waals surface area contributed by atoms with E-state index in [1.54, 1.807) is 40.1 Å². The highest BCUT2D eigenvalue weighted by Gasteiger charge is 2.25. The van der Waals surface area contributed by atoms with E-state index in [0.717, 1.165) is 5.56 Å². The van der Waals surface area contributed by atoms with E-state index < -0.39 is 11.4 Å². The average molecular weight is 392 g/mol. The summed E-state index contributed by atoms with van der Waals surface area (Å²) in [7, 11) is 0. The van der Waals surface area contributed by atoms with Crippen LogP contribution in [-0.2, 0) is 21.0 Å². The Morgan fingerprint density at radius 1 is 1.22 bits per heavy atom. The molecule has 0 spiro atoms. The summed E-state index contributed by atoms with van der Waals surface area (Å²) >= 11 is 1.41. The number of imidazole rings is 1. The van der Waals surface area contributed by atoms with E-state index in [4.69, 9.17) is 9.47 Å². The summed E-state index contributed by atoms with van der Waals surface area (Å²) in [5.74, 6) is -0.917. The highest BCUT2D eigenvalue weighted by Crippen LogP contribution is 2.23. The lowest BCUT2D eigenvalue weighted by atomic mass is 9.98. The monoisotopic (exact) mass is 392 g/mol. The lowest BCUT2D eigenvalue weighted by molar-refractivity contribution is -0.157. The average Bonchev–Trinajstić information content (AvgIpc) is 3.03. The third-order valence-corrected chi connectivity index (χ3v) is 4.12. The Morgan fingerprint density at radius 2 is 1.93 bits per heavy atom. The molecule has 0 fully saturated rings. The van der Waals surface area contributed by atoms with Gasteiger partial charge in [0.1, 0.15) is 5.69 Å². The van der Waals surface area contributed by atoms with Crippen LogP contribution in [0.3, 0.4) is 0 Å². The van der Waals surface area contributed by atoms with Gasteiger partial charge in [0.2, 0.25) is 5.82 Å². The smallest absolute Gasteiger partial charge is 0.374 e. The number of thioether (sulfide) groups is 1. The van der Waals surface area contributed by atoms with Gasteiger partial charge >= 0.3 is 11.9 Å². The molecule has 0 radical (unpaired) electrons. The SMILES string of the molecule is CCOC(=O)c1nc(-c2nc(SC)ncc2C)cn1COC(=O)C(C)(C)C. The first kappa shape index (κ1) is 20.9. The van der Waals surface area contributed by atoms with Crippen LogP contribution in [0.4, 0.5) is 0 Å². The molecular weight excluding hydrogens is 368 g/mol. The minimum Gasteiger partial charge on any atom is -0.460 e. The number of nitrogens with zero attached hydrogens (tertiary/aromatic N) is 4. The second kappa shape index (κ2) is 8.51. The van der Waals surface area contributed by atoms with Gasteiger partial charge in [-0.05, 0) is 46.4 Å². The molecule has 0 aliphatic carbocycles. The first-order valence-corrected chi connectivity index (χ1v) is 9.69. The molecule has 27 heavy (non-hydrogen) atoms.